The summed E-state index contributed by atoms with van der Waals surface area (Å²) in [6.45, 7) is 1.35. The monoisotopic (exact) mass is 269 g/mol. The Bertz CT molecular complexity index is 635. The Balaban J connectivity index is 1.99. The van der Waals surface area contributed by atoms with E-state index >= 15 is 0 Å². The van der Waals surface area contributed by atoms with Gasteiger partial charge in [-0.1, -0.05) is 0 Å². The number of hydrogen-bond donors (Lipinski definition) is 2. The first-order valence-electron chi connectivity index (χ1n) is 6.08. The molecule has 1 atom stereocenters. The van der Waals surface area contributed by atoms with Crippen LogP contribution in [-0.4, -0.2) is 36.4 Å². The van der Waals surface area contributed by atoms with E-state index < -0.39 is 9.84 Å². The predicted molar refractivity (Wildman–Crippen MR) is 66.3 cm³/mol. The molecule has 0 aromatic carbocycles. The Morgan fingerprint density at radius 2 is 2.17 bits per heavy atom. The van der Waals surface area contributed by atoms with Gasteiger partial charge in [0.2, 0.25) is 0 Å². The van der Waals surface area contributed by atoms with Gasteiger partial charge in [0, 0.05) is 25.4 Å². The van der Waals surface area contributed by atoms with Crippen molar-refractivity contribution in [2.75, 3.05) is 18.1 Å². The summed E-state index contributed by atoms with van der Waals surface area (Å²) in [4.78, 5) is 19.1. The third-order valence-electron chi connectivity index (χ3n) is 3.58. The fourth-order valence-electron chi connectivity index (χ4n) is 2.58. The van der Waals surface area contributed by atoms with E-state index in [4.69, 9.17) is 0 Å². The smallest absolute Gasteiger partial charge is 0.255 e. The molecule has 1 aromatic heterocycles. The summed E-state index contributed by atoms with van der Waals surface area (Å²) in [7, 11) is -2.95. The molecule has 1 fully saturated rings. The van der Waals surface area contributed by atoms with Gasteiger partial charge in [-0.15, -0.1) is 0 Å². The number of nitrogens with one attached hydrogen (secondary N) is 2. The first-order chi connectivity index (χ1) is 8.55. The minimum absolute atomic E-state index is 0.104. The number of aromatic nitrogens is 2. The van der Waals surface area contributed by atoms with Crippen molar-refractivity contribution in [1.29, 1.82) is 0 Å². The Morgan fingerprint density at radius 1 is 1.33 bits per heavy atom. The standard InChI is InChI=1S/C11H15N3O3S/c15-11-8-5-12-3-1-9(8)13-10(14-11)7-2-4-18(16,17)6-7/h7,12H,1-6H2,(H,13,14,15). The fourth-order valence-corrected chi connectivity index (χ4v) is 4.32. The summed E-state index contributed by atoms with van der Waals surface area (Å²) < 4.78 is 22.9. The van der Waals surface area contributed by atoms with Crippen LogP contribution in [0.15, 0.2) is 4.79 Å². The van der Waals surface area contributed by atoms with Gasteiger partial charge in [-0.3, -0.25) is 4.79 Å². The van der Waals surface area contributed by atoms with Crippen molar-refractivity contribution >= 4 is 9.84 Å². The molecule has 1 unspecified atom stereocenters. The van der Waals surface area contributed by atoms with E-state index in [0.717, 1.165) is 18.7 Å². The molecule has 0 bridgehead atoms. The molecule has 7 heteroatoms. The van der Waals surface area contributed by atoms with Gasteiger partial charge in [0.25, 0.3) is 5.56 Å². The second-order valence-electron chi connectivity index (χ2n) is 4.90. The Labute approximate surface area is 105 Å². The molecule has 0 radical (unpaired) electrons. The maximum absolute atomic E-state index is 11.9. The molecule has 0 spiro atoms. The van der Waals surface area contributed by atoms with Gasteiger partial charge < -0.3 is 10.3 Å². The van der Waals surface area contributed by atoms with Crippen molar-refractivity contribution in [3.8, 4) is 0 Å². The van der Waals surface area contributed by atoms with E-state index in [1.807, 2.05) is 0 Å². The van der Waals surface area contributed by atoms with Crippen LogP contribution in [0.25, 0.3) is 0 Å². The van der Waals surface area contributed by atoms with Gasteiger partial charge in [0.05, 0.1) is 22.8 Å². The molecular formula is C11H15N3O3S. The lowest BCUT2D eigenvalue weighted by Crippen LogP contribution is -2.32. The first-order valence-corrected chi connectivity index (χ1v) is 7.90. The quantitative estimate of drug-likeness (QED) is 0.704. The van der Waals surface area contributed by atoms with Crippen molar-refractivity contribution < 1.29 is 8.42 Å². The molecule has 18 heavy (non-hydrogen) atoms. The van der Waals surface area contributed by atoms with Crippen LogP contribution in [0.5, 0.6) is 0 Å². The second-order valence-corrected chi connectivity index (χ2v) is 7.13. The number of nitrogens with zero attached hydrogens (tertiary/aromatic N) is 1. The minimum Gasteiger partial charge on any atom is -0.312 e. The highest BCUT2D eigenvalue weighted by molar-refractivity contribution is 7.91. The molecule has 3 rings (SSSR count). The molecule has 6 nitrogen and oxygen atoms in total. The predicted octanol–water partition coefficient (Wildman–Crippen LogP) is -0.682. The minimum atomic E-state index is -2.95. The Kier molecular flexibility index (Phi) is 2.74. The van der Waals surface area contributed by atoms with Crippen LogP contribution < -0.4 is 10.9 Å². The largest absolute Gasteiger partial charge is 0.312 e. The Morgan fingerprint density at radius 3 is 2.89 bits per heavy atom. The van der Waals surface area contributed by atoms with E-state index in [1.54, 1.807) is 0 Å². The van der Waals surface area contributed by atoms with E-state index in [9.17, 15) is 13.2 Å². The fraction of sp³-hybridized carbons (Fsp3) is 0.636. The molecule has 2 aliphatic heterocycles. The van der Waals surface area contributed by atoms with Crippen LogP contribution in [0.4, 0.5) is 0 Å². The van der Waals surface area contributed by atoms with Gasteiger partial charge in [-0.25, -0.2) is 13.4 Å². The maximum atomic E-state index is 11.9. The molecule has 0 amide bonds. The van der Waals surface area contributed by atoms with Crippen LogP contribution in [0.1, 0.15) is 29.4 Å². The number of aromatic amines is 1. The van der Waals surface area contributed by atoms with E-state index in [2.05, 4.69) is 15.3 Å². The molecule has 3 heterocycles. The number of sulfone groups is 1. The first kappa shape index (κ1) is 11.9. The average Bonchev–Trinajstić information content (AvgIpc) is 2.70. The van der Waals surface area contributed by atoms with E-state index in [0.29, 0.717) is 24.4 Å². The molecule has 2 aliphatic rings. The lowest BCUT2D eigenvalue weighted by Gasteiger charge is -2.17. The molecule has 0 aliphatic carbocycles. The van der Waals surface area contributed by atoms with Gasteiger partial charge in [-0.05, 0) is 6.42 Å². The number of hydrogen-bond acceptors (Lipinski definition) is 5. The molecular weight excluding hydrogens is 254 g/mol. The highest BCUT2D eigenvalue weighted by Gasteiger charge is 2.31. The molecule has 98 valence electrons. The van der Waals surface area contributed by atoms with Crippen LogP contribution in [0.2, 0.25) is 0 Å². The number of H-pyrrole nitrogens is 1. The van der Waals surface area contributed by atoms with Crippen molar-refractivity contribution in [2.24, 2.45) is 0 Å². The third kappa shape index (κ3) is 2.08. The third-order valence-corrected chi connectivity index (χ3v) is 5.35. The molecule has 2 N–H and O–H groups in total. The lowest BCUT2D eigenvalue weighted by molar-refractivity contribution is 0.596. The van der Waals surface area contributed by atoms with E-state index in [-0.39, 0.29) is 23.0 Å². The maximum Gasteiger partial charge on any atom is 0.255 e. The molecule has 1 saturated heterocycles. The van der Waals surface area contributed by atoms with Crippen molar-refractivity contribution in [2.45, 2.75) is 25.3 Å². The summed E-state index contributed by atoms with van der Waals surface area (Å²) >= 11 is 0. The average molecular weight is 269 g/mol. The van der Waals surface area contributed by atoms with Gasteiger partial charge in [0.1, 0.15) is 5.82 Å². The van der Waals surface area contributed by atoms with Crippen molar-refractivity contribution in [1.82, 2.24) is 15.3 Å². The van der Waals surface area contributed by atoms with Crippen molar-refractivity contribution in [3.05, 3.63) is 27.4 Å². The van der Waals surface area contributed by atoms with Gasteiger partial charge in [0.15, 0.2) is 9.84 Å². The highest BCUT2D eigenvalue weighted by atomic mass is 32.2. The lowest BCUT2D eigenvalue weighted by atomic mass is 10.1. The SMILES string of the molecule is O=c1[nH]c(C2CCS(=O)(=O)C2)nc2c1CNCC2. The zero-order chi connectivity index (χ0) is 12.8. The summed E-state index contributed by atoms with van der Waals surface area (Å²) in [5, 5.41) is 3.13. The highest BCUT2D eigenvalue weighted by Crippen LogP contribution is 2.26. The summed E-state index contributed by atoms with van der Waals surface area (Å²) in [5.41, 5.74) is 1.37. The zero-order valence-corrected chi connectivity index (χ0v) is 10.7. The second kappa shape index (κ2) is 4.17. The normalized spacial score (nSPS) is 25.9. The van der Waals surface area contributed by atoms with Crippen molar-refractivity contribution in [3.63, 3.8) is 0 Å². The summed E-state index contributed by atoms with van der Waals surface area (Å²) in [6.07, 6.45) is 1.29. The number of fused-ring (bicyclic) bond motifs is 1. The summed E-state index contributed by atoms with van der Waals surface area (Å²) in [5.74, 6) is 0.692. The Hall–Kier alpha value is -1.21. The number of rotatable bonds is 1. The van der Waals surface area contributed by atoms with Crippen LogP contribution in [-0.2, 0) is 22.8 Å². The van der Waals surface area contributed by atoms with Crippen LogP contribution in [0.3, 0.4) is 0 Å². The van der Waals surface area contributed by atoms with Crippen LogP contribution in [0, 0.1) is 0 Å². The summed E-state index contributed by atoms with van der Waals surface area (Å²) in [6, 6.07) is 0. The topological polar surface area (TPSA) is 91.9 Å². The molecule has 1 aromatic rings. The van der Waals surface area contributed by atoms with Crippen LogP contribution >= 0.6 is 0 Å². The van der Waals surface area contributed by atoms with E-state index in [1.165, 1.54) is 0 Å². The van der Waals surface area contributed by atoms with Gasteiger partial charge in [-0.2, -0.15) is 0 Å². The zero-order valence-electron chi connectivity index (χ0n) is 9.90. The van der Waals surface area contributed by atoms with Gasteiger partial charge >= 0.3 is 0 Å². The molecule has 0 saturated carbocycles.